The zero-order valence-electron chi connectivity index (χ0n) is 15.2. The molecule has 0 spiro atoms. The Morgan fingerprint density at radius 2 is 2.15 bits per heavy atom. The summed E-state index contributed by atoms with van der Waals surface area (Å²) in [5.74, 6) is 0.862. The Morgan fingerprint density at radius 1 is 1.31 bits per heavy atom. The summed E-state index contributed by atoms with van der Waals surface area (Å²) in [5.41, 5.74) is 0.361. The molecule has 1 saturated heterocycles. The number of benzene rings is 1. The fraction of sp³-hybridized carbons (Fsp3) is 0.400. The second-order valence-corrected chi connectivity index (χ2v) is 6.90. The normalized spacial score (nSPS) is 19.8. The van der Waals surface area contributed by atoms with Crippen LogP contribution in [0.2, 0.25) is 0 Å². The molecule has 0 aliphatic carbocycles. The number of nitrogens with one attached hydrogen (secondary N) is 1. The number of hydrogen-bond donors (Lipinski definition) is 1. The Morgan fingerprint density at radius 3 is 2.88 bits per heavy atom. The molecule has 2 heterocycles. The third-order valence-electron chi connectivity index (χ3n) is 4.85. The van der Waals surface area contributed by atoms with Crippen LogP contribution < -0.4 is 10.1 Å². The summed E-state index contributed by atoms with van der Waals surface area (Å²) in [5, 5.41) is 3.00. The van der Waals surface area contributed by atoms with E-state index in [9.17, 15) is 9.59 Å². The van der Waals surface area contributed by atoms with Gasteiger partial charge in [0.1, 0.15) is 5.75 Å². The molecule has 138 valence electrons. The van der Waals surface area contributed by atoms with Crippen LogP contribution in [0.25, 0.3) is 0 Å². The molecule has 0 radical (unpaired) electrons. The number of carbonyl (C=O) groups excluding carboxylic acids is 2. The van der Waals surface area contributed by atoms with Crippen molar-refractivity contribution in [2.24, 2.45) is 5.41 Å². The quantitative estimate of drug-likeness (QED) is 0.894. The van der Waals surface area contributed by atoms with Crippen LogP contribution in [-0.4, -0.2) is 36.9 Å². The van der Waals surface area contributed by atoms with E-state index in [0.29, 0.717) is 25.4 Å². The molecular formula is C20H24N2O4. The Bertz CT molecular complexity index is 772. The van der Waals surface area contributed by atoms with Crippen LogP contribution in [0.1, 0.15) is 35.9 Å². The van der Waals surface area contributed by atoms with E-state index < -0.39 is 5.41 Å². The van der Waals surface area contributed by atoms with E-state index in [2.05, 4.69) is 5.32 Å². The number of furan rings is 1. The van der Waals surface area contributed by atoms with Crippen molar-refractivity contribution in [1.82, 2.24) is 10.2 Å². The lowest BCUT2D eigenvalue weighted by molar-refractivity contribution is -0.132. The van der Waals surface area contributed by atoms with Crippen molar-refractivity contribution < 1.29 is 18.7 Å². The number of ether oxygens (including phenoxy) is 1. The van der Waals surface area contributed by atoms with Crippen molar-refractivity contribution in [3.63, 3.8) is 0 Å². The molecule has 0 saturated carbocycles. The molecule has 0 bridgehead atoms. The van der Waals surface area contributed by atoms with Crippen molar-refractivity contribution in [3.05, 3.63) is 54.0 Å². The van der Waals surface area contributed by atoms with Crippen molar-refractivity contribution in [2.45, 2.75) is 26.3 Å². The monoisotopic (exact) mass is 356 g/mol. The number of piperidine rings is 1. The summed E-state index contributed by atoms with van der Waals surface area (Å²) in [6.45, 7) is 3.36. The number of amides is 2. The standard InChI is InChI=1S/C20H24N2O4/c1-20(19(24)21-13-15-6-3-7-16(12-15)25-2)9-5-10-22(14-20)18(23)17-8-4-11-26-17/h3-4,6-8,11-12H,5,9-10,13-14H2,1-2H3,(H,21,24). The number of hydrogen-bond acceptors (Lipinski definition) is 4. The first-order valence-electron chi connectivity index (χ1n) is 8.76. The second-order valence-electron chi connectivity index (χ2n) is 6.90. The lowest BCUT2D eigenvalue weighted by Crippen LogP contribution is -2.51. The number of nitrogens with zero attached hydrogens (tertiary/aromatic N) is 1. The number of methoxy groups -OCH3 is 1. The predicted octanol–water partition coefficient (Wildman–Crippen LogP) is 2.85. The van der Waals surface area contributed by atoms with Gasteiger partial charge in [-0.25, -0.2) is 0 Å². The van der Waals surface area contributed by atoms with Gasteiger partial charge in [0, 0.05) is 19.6 Å². The highest BCUT2D eigenvalue weighted by Crippen LogP contribution is 2.30. The lowest BCUT2D eigenvalue weighted by atomic mass is 9.80. The Labute approximate surface area is 153 Å². The van der Waals surface area contributed by atoms with Crippen LogP contribution in [0, 0.1) is 5.41 Å². The van der Waals surface area contributed by atoms with Crippen LogP contribution in [0.15, 0.2) is 47.1 Å². The minimum Gasteiger partial charge on any atom is -0.497 e. The second kappa shape index (κ2) is 7.64. The molecule has 1 fully saturated rings. The SMILES string of the molecule is COc1cccc(CNC(=O)C2(C)CCCN(C(=O)c3ccco3)C2)c1. The molecule has 1 aliphatic rings. The summed E-state index contributed by atoms with van der Waals surface area (Å²) in [7, 11) is 1.62. The molecular weight excluding hydrogens is 332 g/mol. The molecule has 6 nitrogen and oxygen atoms in total. The van der Waals surface area contributed by atoms with Crippen LogP contribution in [0.3, 0.4) is 0 Å². The van der Waals surface area contributed by atoms with Crippen molar-refractivity contribution in [2.75, 3.05) is 20.2 Å². The zero-order chi connectivity index (χ0) is 18.6. The maximum absolute atomic E-state index is 12.8. The number of likely N-dealkylation sites (tertiary alicyclic amines) is 1. The topological polar surface area (TPSA) is 71.8 Å². The molecule has 26 heavy (non-hydrogen) atoms. The van der Waals surface area contributed by atoms with E-state index in [0.717, 1.165) is 24.2 Å². The molecule has 2 amide bonds. The molecule has 1 aliphatic heterocycles. The Balaban J connectivity index is 1.62. The first-order valence-corrected chi connectivity index (χ1v) is 8.76. The molecule has 1 N–H and O–H groups in total. The highest BCUT2D eigenvalue weighted by Gasteiger charge is 2.39. The zero-order valence-corrected chi connectivity index (χ0v) is 15.2. The largest absolute Gasteiger partial charge is 0.497 e. The van der Waals surface area contributed by atoms with Gasteiger partial charge in [0.05, 0.1) is 18.8 Å². The molecule has 2 aromatic rings. The fourth-order valence-corrected chi connectivity index (χ4v) is 3.33. The minimum atomic E-state index is -0.612. The first kappa shape index (κ1) is 18.0. The van der Waals surface area contributed by atoms with Crippen molar-refractivity contribution in [1.29, 1.82) is 0 Å². The van der Waals surface area contributed by atoms with Gasteiger partial charge < -0.3 is 19.4 Å². The van der Waals surface area contributed by atoms with E-state index in [4.69, 9.17) is 9.15 Å². The number of rotatable bonds is 5. The van der Waals surface area contributed by atoms with Gasteiger partial charge in [0.25, 0.3) is 5.91 Å². The van der Waals surface area contributed by atoms with Gasteiger partial charge in [-0.15, -0.1) is 0 Å². The van der Waals surface area contributed by atoms with Crippen molar-refractivity contribution in [3.8, 4) is 5.75 Å². The smallest absolute Gasteiger partial charge is 0.289 e. The summed E-state index contributed by atoms with van der Waals surface area (Å²) in [4.78, 5) is 27.0. The van der Waals surface area contributed by atoms with Crippen molar-refractivity contribution >= 4 is 11.8 Å². The highest BCUT2D eigenvalue weighted by atomic mass is 16.5. The first-order chi connectivity index (χ1) is 12.5. The fourth-order valence-electron chi connectivity index (χ4n) is 3.33. The number of carbonyl (C=O) groups is 2. The van der Waals surface area contributed by atoms with Gasteiger partial charge in [-0.1, -0.05) is 12.1 Å². The average molecular weight is 356 g/mol. The summed E-state index contributed by atoms with van der Waals surface area (Å²) < 4.78 is 10.4. The van der Waals surface area contributed by atoms with Crippen LogP contribution in [-0.2, 0) is 11.3 Å². The Hall–Kier alpha value is -2.76. The molecule has 1 aromatic carbocycles. The summed E-state index contributed by atoms with van der Waals surface area (Å²) >= 11 is 0. The van der Waals surface area contributed by atoms with Gasteiger partial charge in [0.15, 0.2) is 5.76 Å². The average Bonchev–Trinajstić information content (AvgIpc) is 3.20. The molecule has 1 atom stereocenters. The van der Waals surface area contributed by atoms with E-state index in [1.807, 2.05) is 31.2 Å². The molecule has 3 rings (SSSR count). The van der Waals surface area contributed by atoms with E-state index in [1.165, 1.54) is 6.26 Å². The third kappa shape index (κ3) is 3.90. The predicted molar refractivity (Wildman–Crippen MR) is 96.8 cm³/mol. The lowest BCUT2D eigenvalue weighted by Gasteiger charge is -2.39. The van der Waals surface area contributed by atoms with Crippen LogP contribution >= 0.6 is 0 Å². The highest BCUT2D eigenvalue weighted by molar-refractivity contribution is 5.92. The van der Waals surface area contributed by atoms with E-state index in [-0.39, 0.29) is 11.8 Å². The van der Waals surface area contributed by atoms with Gasteiger partial charge in [-0.3, -0.25) is 9.59 Å². The van der Waals surface area contributed by atoms with Gasteiger partial charge >= 0.3 is 0 Å². The van der Waals surface area contributed by atoms with E-state index >= 15 is 0 Å². The van der Waals surface area contributed by atoms with E-state index in [1.54, 1.807) is 24.1 Å². The van der Waals surface area contributed by atoms with Crippen LogP contribution in [0.5, 0.6) is 5.75 Å². The van der Waals surface area contributed by atoms with Crippen LogP contribution in [0.4, 0.5) is 0 Å². The van der Waals surface area contributed by atoms with Gasteiger partial charge in [-0.2, -0.15) is 0 Å². The molecule has 1 unspecified atom stereocenters. The Kier molecular flexibility index (Phi) is 5.30. The van der Waals surface area contributed by atoms with Gasteiger partial charge in [-0.05, 0) is 49.6 Å². The molecule has 1 aromatic heterocycles. The molecule has 6 heteroatoms. The summed E-state index contributed by atoms with van der Waals surface area (Å²) in [6, 6.07) is 10.9. The summed E-state index contributed by atoms with van der Waals surface area (Å²) in [6.07, 6.45) is 3.02. The van der Waals surface area contributed by atoms with Gasteiger partial charge in [0.2, 0.25) is 5.91 Å². The minimum absolute atomic E-state index is 0.0442. The maximum Gasteiger partial charge on any atom is 0.289 e. The third-order valence-corrected chi connectivity index (χ3v) is 4.85. The maximum atomic E-state index is 12.8.